The Morgan fingerprint density at radius 3 is 1.04 bits per heavy atom. The molecule has 24 heavy (non-hydrogen) atoms. The van der Waals surface area contributed by atoms with Gasteiger partial charge in [-0.2, -0.15) is 0 Å². The van der Waals surface area contributed by atoms with Gasteiger partial charge in [0.1, 0.15) is 0 Å². The van der Waals surface area contributed by atoms with E-state index in [-0.39, 0.29) is 0 Å². The minimum Gasteiger partial charge on any atom is -0.252 e. The SMILES string of the molecule is CCc1ccc2c(n1)c1ccc(CC)nc1c1ccc(CC)nc21. The van der Waals surface area contributed by atoms with Crippen LogP contribution < -0.4 is 0 Å². The molecule has 0 N–H and O–H groups in total. The highest BCUT2D eigenvalue weighted by Crippen LogP contribution is 2.32. The van der Waals surface area contributed by atoms with Crippen LogP contribution in [0.3, 0.4) is 0 Å². The maximum atomic E-state index is 4.90. The van der Waals surface area contributed by atoms with Gasteiger partial charge in [0.25, 0.3) is 0 Å². The number of hydrogen-bond donors (Lipinski definition) is 0. The lowest BCUT2D eigenvalue weighted by molar-refractivity contribution is 1.05. The van der Waals surface area contributed by atoms with E-state index in [9.17, 15) is 0 Å². The average Bonchev–Trinajstić information content (AvgIpc) is 2.66. The zero-order valence-electron chi connectivity index (χ0n) is 14.4. The van der Waals surface area contributed by atoms with Crippen LogP contribution in [0.5, 0.6) is 0 Å². The molecule has 4 rings (SSSR count). The summed E-state index contributed by atoms with van der Waals surface area (Å²) in [7, 11) is 0. The van der Waals surface area contributed by atoms with Crippen LogP contribution in [-0.2, 0) is 19.3 Å². The highest BCUT2D eigenvalue weighted by molar-refractivity contribution is 6.21. The molecule has 0 fully saturated rings. The molecule has 0 atom stereocenters. The van der Waals surface area contributed by atoms with Gasteiger partial charge < -0.3 is 0 Å². The second-order valence-corrected chi connectivity index (χ2v) is 6.16. The lowest BCUT2D eigenvalue weighted by Gasteiger charge is -2.11. The third kappa shape index (κ3) is 2.23. The van der Waals surface area contributed by atoms with E-state index in [0.29, 0.717) is 0 Å². The smallest absolute Gasteiger partial charge is 0.0821 e. The van der Waals surface area contributed by atoms with E-state index in [4.69, 9.17) is 15.0 Å². The second kappa shape index (κ2) is 5.82. The van der Waals surface area contributed by atoms with Crippen molar-refractivity contribution in [2.75, 3.05) is 0 Å². The van der Waals surface area contributed by atoms with Gasteiger partial charge in [0.15, 0.2) is 0 Å². The molecule has 3 aromatic heterocycles. The topological polar surface area (TPSA) is 38.7 Å². The number of nitrogens with zero attached hydrogens (tertiary/aromatic N) is 3. The summed E-state index contributed by atoms with van der Waals surface area (Å²) in [5, 5.41) is 3.36. The molecule has 0 saturated heterocycles. The Balaban J connectivity index is 2.25. The van der Waals surface area contributed by atoms with E-state index < -0.39 is 0 Å². The van der Waals surface area contributed by atoms with Crippen LogP contribution in [0.1, 0.15) is 37.9 Å². The molecule has 0 spiro atoms. The van der Waals surface area contributed by atoms with Crippen LogP contribution >= 0.6 is 0 Å². The Hall–Kier alpha value is -2.55. The Kier molecular flexibility index (Phi) is 3.64. The van der Waals surface area contributed by atoms with Crippen molar-refractivity contribution in [2.24, 2.45) is 0 Å². The van der Waals surface area contributed by atoms with Gasteiger partial charge in [0.2, 0.25) is 0 Å². The predicted molar refractivity (Wildman–Crippen MR) is 100 cm³/mol. The van der Waals surface area contributed by atoms with E-state index >= 15 is 0 Å². The summed E-state index contributed by atoms with van der Waals surface area (Å²) >= 11 is 0. The molecule has 0 aliphatic heterocycles. The molecule has 0 amide bonds. The van der Waals surface area contributed by atoms with Crippen molar-refractivity contribution in [3.63, 3.8) is 0 Å². The maximum absolute atomic E-state index is 4.90. The zero-order chi connectivity index (χ0) is 16.7. The zero-order valence-corrected chi connectivity index (χ0v) is 14.4. The fourth-order valence-corrected chi connectivity index (χ4v) is 3.28. The van der Waals surface area contributed by atoms with Gasteiger partial charge in [-0.3, -0.25) is 15.0 Å². The molecule has 0 unspecified atom stereocenters. The van der Waals surface area contributed by atoms with Crippen LogP contribution in [-0.4, -0.2) is 15.0 Å². The molecule has 3 heteroatoms. The number of benzene rings is 1. The molecule has 0 bridgehead atoms. The number of hydrogen-bond acceptors (Lipinski definition) is 3. The molecule has 1 aromatic carbocycles. The van der Waals surface area contributed by atoms with Gasteiger partial charge in [-0.05, 0) is 55.7 Å². The lowest BCUT2D eigenvalue weighted by Crippen LogP contribution is -1.96. The number of fused-ring (bicyclic) bond motifs is 6. The van der Waals surface area contributed by atoms with Crippen LogP contribution in [0.4, 0.5) is 0 Å². The Morgan fingerprint density at radius 2 is 0.792 bits per heavy atom. The molecule has 0 radical (unpaired) electrons. The summed E-state index contributed by atoms with van der Waals surface area (Å²) in [5.41, 5.74) is 6.38. The van der Waals surface area contributed by atoms with Crippen LogP contribution in [0, 0.1) is 0 Å². The molecule has 3 nitrogen and oxygen atoms in total. The maximum Gasteiger partial charge on any atom is 0.0821 e. The first-order valence-corrected chi connectivity index (χ1v) is 8.76. The molecule has 3 heterocycles. The summed E-state index contributed by atoms with van der Waals surface area (Å²) in [6.07, 6.45) is 2.79. The third-order valence-electron chi connectivity index (χ3n) is 4.71. The monoisotopic (exact) mass is 315 g/mol. The van der Waals surface area contributed by atoms with Gasteiger partial charge in [-0.25, -0.2) is 0 Å². The lowest BCUT2D eigenvalue weighted by atomic mass is 10.0. The normalized spacial score (nSPS) is 11.6. The first-order chi connectivity index (χ1) is 11.7. The fraction of sp³-hybridized carbons (Fsp3) is 0.286. The number of aryl methyl sites for hydroxylation is 3. The van der Waals surface area contributed by atoms with Crippen molar-refractivity contribution in [3.05, 3.63) is 53.5 Å². The number of aromatic nitrogens is 3. The van der Waals surface area contributed by atoms with Gasteiger partial charge in [-0.1, -0.05) is 20.8 Å². The number of rotatable bonds is 3. The van der Waals surface area contributed by atoms with E-state index in [0.717, 1.165) is 69.1 Å². The van der Waals surface area contributed by atoms with Gasteiger partial charge in [0.05, 0.1) is 16.6 Å². The van der Waals surface area contributed by atoms with Crippen LogP contribution in [0.2, 0.25) is 0 Å². The molecule has 120 valence electrons. The largest absolute Gasteiger partial charge is 0.252 e. The summed E-state index contributed by atoms with van der Waals surface area (Å²) in [6.45, 7) is 6.41. The predicted octanol–water partition coefficient (Wildman–Crippen LogP) is 5.02. The van der Waals surface area contributed by atoms with Crippen molar-refractivity contribution >= 4 is 32.7 Å². The van der Waals surface area contributed by atoms with E-state index in [1.165, 1.54) is 0 Å². The molecular formula is C21H21N3. The standard InChI is InChI=1S/C21H21N3/c1-4-13-7-10-16-19(22-13)17-11-8-14(5-2)24-21(17)18-12-9-15(6-3)23-20(16)18/h7-12H,4-6H2,1-3H3. The Labute approximate surface area is 141 Å². The third-order valence-corrected chi connectivity index (χ3v) is 4.71. The minimum atomic E-state index is 0.929. The van der Waals surface area contributed by atoms with E-state index in [1.54, 1.807) is 0 Å². The summed E-state index contributed by atoms with van der Waals surface area (Å²) in [6, 6.07) is 12.8. The first kappa shape index (κ1) is 15.0. The van der Waals surface area contributed by atoms with Crippen molar-refractivity contribution in [1.82, 2.24) is 15.0 Å². The van der Waals surface area contributed by atoms with E-state index in [1.807, 2.05) is 0 Å². The second-order valence-electron chi connectivity index (χ2n) is 6.16. The molecule has 0 saturated carbocycles. The van der Waals surface area contributed by atoms with Gasteiger partial charge in [0, 0.05) is 33.2 Å². The molecular weight excluding hydrogens is 294 g/mol. The fourth-order valence-electron chi connectivity index (χ4n) is 3.28. The van der Waals surface area contributed by atoms with Crippen molar-refractivity contribution in [3.8, 4) is 0 Å². The Bertz CT molecular complexity index is 899. The van der Waals surface area contributed by atoms with Crippen molar-refractivity contribution in [1.29, 1.82) is 0 Å². The summed E-state index contributed by atoms with van der Waals surface area (Å²) < 4.78 is 0. The Morgan fingerprint density at radius 1 is 0.500 bits per heavy atom. The average molecular weight is 315 g/mol. The summed E-state index contributed by atoms with van der Waals surface area (Å²) in [4.78, 5) is 14.7. The highest BCUT2D eigenvalue weighted by atomic mass is 14.8. The number of pyridine rings is 3. The van der Waals surface area contributed by atoms with E-state index in [2.05, 4.69) is 57.2 Å². The van der Waals surface area contributed by atoms with Crippen LogP contribution in [0.25, 0.3) is 32.7 Å². The van der Waals surface area contributed by atoms with Gasteiger partial charge in [-0.15, -0.1) is 0 Å². The van der Waals surface area contributed by atoms with Crippen molar-refractivity contribution in [2.45, 2.75) is 40.0 Å². The minimum absolute atomic E-state index is 0.929. The first-order valence-electron chi connectivity index (χ1n) is 8.76. The summed E-state index contributed by atoms with van der Waals surface area (Å²) in [5.74, 6) is 0. The van der Waals surface area contributed by atoms with Gasteiger partial charge >= 0.3 is 0 Å². The molecule has 0 aliphatic rings. The van der Waals surface area contributed by atoms with Crippen LogP contribution in [0.15, 0.2) is 36.4 Å². The molecule has 0 aliphatic carbocycles. The quantitative estimate of drug-likeness (QED) is 0.498. The molecule has 4 aromatic rings. The van der Waals surface area contributed by atoms with Crippen molar-refractivity contribution < 1.29 is 0 Å². The highest BCUT2D eigenvalue weighted by Gasteiger charge is 2.13.